The second kappa shape index (κ2) is 7.24. The lowest BCUT2D eigenvalue weighted by Gasteiger charge is -2.26. The maximum atomic E-state index is 12.5. The number of methoxy groups -OCH3 is 1. The van der Waals surface area contributed by atoms with Crippen molar-refractivity contribution in [3.05, 3.63) is 45.8 Å². The number of hydrogen-bond donors (Lipinski definition) is 1. The van der Waals surface area contributed by atoms with Gasteiger partial charge in [-0.2, -0.15) is 0 Å². The molecule has 1 aromatic carbocycles. The number of esters is 1. The van der Waals surface area contributed by atoms with E-state index in [2.05, 4.69) is 42.3 Å². The fraction of sp³-hybridized carbons (Fsp3) is 0.429. The molecule has 0 fully saturated rings. The molecule has 2 atom stereocenters. The number of carbonyl (C=O) groups excluding carboxylic acids is 1. The highest BCUT2D eigenvalue weighted by Crippen LogP contribution is 2.41. The van der Waals surface area contributed by atoms with Crippen molar-refractivity contribution in [3.63, 3.8) is 0 Å². The number of carbonyl (C=O) groups is 1. The molecule has 6 heteroatoms. The summed E-state index contributed by atoms with van der Waals surface area (Å²) in [5.74, 6) is 0.370. The van der Waals surface area contributed by atoms with Crippen LogP contribution < -0.4 is 10.2 Å². The molecular weight excluding hydrogens is 376 g/mol. The van der Waals surface area contributed by atoms with E-state index in [9.17, 15) is 4.79 Å². The first-order valence-electron chi connectivity index (χ1n) is 9.40. The zero-order valence-corrected chi connectivity index (χ0v) is 17.5. The minimum Gasteiger partial charge on any atom is -0.465 e. The minimum absolute atomic E-state index is 0.276. The van der Waals surface area contributed by atoms with E-state index in [1.807, 2.05) is 6.07 Å². The Morgan fingerprint density at radius 2 is 2.07 bits per heavy atom. The summed E-state index contributed by atoms with van der Waals surface area (Å²) in [5.41, 5.74) is 4.27. The van der Waals surface area contributed by atoms with Crippen molar-refractivity contribution < 1.29 is 9.53 Å². The van der Waals surface area contributed by atoms with Crippen LogP contribution in [0.5, 0.6) is 0 Å². The monoisotopic (exact) mass is 400 g/mol. The first-order chi connectivity index (χ1) is 13.0. The minimum atomic E-state index is -0.276. The van der Waals surface area contributed by atoms with Gasteiger partial charge in [-0.3, -0.25) is 0 Å². The highest BCUT2D eigenvalue weighted by Gasteiger charge is 2.32. The molecule has 0 radical (unpaired) electrons. The molecule has 2 aliphatic rings. The van der Waals surface area contributed by atoms with Crippen LogP contribution in [0.2, 0.25) is 0 Å². The van der Waals surface area contributed by atoms with Gasteiger partial charge in [-0.15, -0.1) is 11.3 Å². The lowest BCUT2D eigenvalue weighted by atomic mass is 9.88. The number of anilines is 2. The molecule has 1 aromatic heterocycles. The summed E-state index contributed by atoms with van der Waals surface area (Å²) in [5, 5.41) is 4.85. The third kappa shape index (κ3) is 3.25. The summed E-state index contributed by atoms with van der Waals surface area (Å²) >= 11 is 7.42. The molecule has 0 spiro atoms. The standard InChI is InChI=1S/C21H24N2O2S2/c1-12-8-9-15-17(10-12)27-19(18(15)20(24)25-3)22-21(26)23-13(2)11-14-6-4-5-7-16(14)23/h4-7,12-13H,8-11H2,1-3H3,(H,22,26)/t12-,13+/m0/s1. The first kappa shape index (κ1) is 18.4. The largest absolute Gasteiger partial charge is 0.465 e. The third-order valence-electron chi connectivity index (χ3n) is 5.55. The van der Waals surface area contributed by atoms with E-state index in [0.717, 1.165) is 41.9 Å². The average molecular weight is 401 g/mol. The lowest BCUT2D eigenvalue weighted by molar-refractivity contribution is 0.0601. The molecule has 1 N–H and O–H groups in total. The van der Waals surface area contributed by atoms with E-state index in [0.29, 0.717) is 22.6 Å². The van der Waals surface area contributed by atoms with Crippen molar-refractivity contribution >= 4 is 45.3 Å². The van der Waals surface area contributed by atoms with Crippen LogP contribution in [-0.2, 0) is 24.0 Å². The molecule has 1 aliphatic carbocycles. The Hall–Kier alpha value is -1.92. The predicted octanol–water partition coefficient (Wildman–Crippen LogP) is 4.81. The van der Waals surface area contributed by atoms with Gasteiger partial charge in [-0.05, 0) is 67.9 Å². The normalized spacial score (nSPS) is 20.8. The smallest absolute Gasteiger partial charge is 0.341 e. The van der Waals surface area contributed by atoms with Crippen molar-refractivity contribution in [1.29, 1.82) is 0 Å². The van der Waals surface area contributed by atoms with Crippen molar-refractivity contribution in [1.82, 2.24) is 0 Å². The molecule has 2 heterocycles. The molecule has 0 saturated heterocycles. The number of thiophene rings is 1. The quantitative estimate of drug-likeness (QED) is 0.579. The van der Waals surface area contributed by atoms with Crippen molar-refractivity contribution in [3.8, 4) is 0 Å². The Balaban J connectivity index is 1.66. The number of hydrogen-bond acceptors (Lipinski definition) is 4. The summed E-state index contributed by atoms with van der Waals surface area (Å²) in [6.45, 7) is 4.44. The van der Waals surface area contributed by atoms with Crippen molar-refractivity contribution in [2.75, 3.05) is 17.3 Å². The maximum Gasteiger partial charge on any atom is 0.341 e. The molecule has 0 bridgehead atoms. The highest BCUT2D eigenvalue weighted by molar-refractivity contribution is 7.80. The number of thiocarbonyl (C=S) groups is 1. The maximum absolute atomic E-state index is 12.5. The Kier molecular flexibility index (Phi) is 4.95. The number of fused-ring (bicyclic) bond motifs is 2. The van der Waals surface area contributed by atoms with Gasteiger partial charge < -0.3 is 15.0 Å². The average Bonchev–Trinajstić information content (AvgIpc) is 3.16. The second-order valence-corrected chi connectivity index (χ2v) is 9.02. The first-order valence-corrected chi connectivity index (χ1v) is 10.6. The van der Waals surface area contributed by atoms with Gasteiger partial charge in [-0.25, -0.2) is 4.79 Å². The van der Waals surface area contributed by atoms with Crippen LogP contribution in [0.1, 0.15) is 46.6 Å². The van der Waals surface area contributed by atoms with E-state index in [1.54, 1.807) is 11.3 Å². The predicted molar refractivity (Wildman–Crippen MR) is 115 cm³/mol. The van der Waals surface area contributed by atoms with Crippen LogP contribution in [0.25, 0.3) is 0 Å². The molecule has 0 unspecified atom stereocenters. The summed E-state index contributed by atoms with van der Waals surface area (Å²) in [6.07, 6.45) is 4.02. The van der Waals surface area contributed by atoms with E-state index in [1.165, 1.54) is 17.6 Å². The van der Waals surface area contributed by atoms with Gasteiger partial charge in [0.05, 0.1) is 12.7 Å². The van der Waals surface area contributed by atoms with Crippen LogP contribution in [0.15, 0.2) is 24.3 Å². The van der Waals surface area contributed by atoms with Gasteiger partial charge in [0.2, 0.25) is 0 Å². The number of para-hydroxylation sites is 1. The SMILES string of the molecule is COC(=O)c1c(NC(=S)N2c3ccccc3C[C@H]2C)sc2c1CC[C@H](C)C2. The zero-order chi connectivity index (χ0) is 19.1. The number of ether oxygens (including phenoxy) is 1. The molecule has 0 amide bonds. The van der Waals surface area contributed by atoms with E-state index < -0.39 is 0 Å². The summed E-state index contributed by atoms with van der Waals surface area (Å²) in [7, 11) is 1.44. The second-order valence-electron chi connectivity index (χ2n) is 7.53. The molecule has 4 rings (SSSR count). The van der Waals surface area contributed by atoms with Gasteiger partial charge in [0, 0.05) is 16.6 Å². The van der Waals surface area contributed by atoms with Gasteiger partial charge >= 0.3 is 5.97 Å². The Bertz CT molecular complexity index is 906. The van der Waals surface area contributed by atoms with Crippen molar-refractivity contribution in [2.24, 2.45) is 5.92 Å². The van der Waals surface area contributed by atoms with Crippen LogP contribution in [0, 0.1) is 5.92 Å². The summed E-state index contributed by atoms with van der Waals surface area (Å²) in [4.78, 5) is 15.9. The van der Waals surface area contributed by atoms with Crippen LogP contribution in [0.3, 0.4) is 0 Å². The van der Waals surface area contributed by atoms with E-state index in [4.69, 9.17) is 17.0 Å². The highest BCUT2D eigenvalue weighted by atomic mass is 32.1. The van der Waals surface area contributed by atoms with E-state index in [-0.39, 0.29) is 5.97 Å². The van der Waals surface area contributed by atoms with Gasteiger partial charge in [0.25, 0.3) is 0 Å². The fourth-order valence-corrected chi connectivity index (χ4v) is 6.03. The van der Waals surface area contributed by atoms with Gasteiger partial charge in [0.1, 0.15) is 5.00 Å². The van der Waals surface area contributed by atoms with Gasteiger partial charge in [-0.1, -0.05) is 25.1 Å². The summed E-state index contributed by atoms with van der Waals surface area (Å²) < 4.78 is 5.08. The van der Waals surface area contributed by atoms with Crippen LogP contribution in [-0.4, -0.2) is 24.2 Å². The van der Waals surface area contributed by atoms with Crippen LogP contribution >= 0.6 is 23.6 Å². The lowest BCUT2D eigenvalue weighted by Crippen LogP contribution is -2.38. The molecule has 0 saturated carbocycles. The Labute approximate surface area is 169 Å². The fourth-order valence-electron chi connectivity index (χ4n) is 4.19. The topological polar surface area (TPSA) is 41.6 Å². The number of rotatable bonds is 2. The third-order valence-corrected chi connectivity index (χ3v) is 7.02. The molecule has 142 valence electrons. The number of nitrogens with zero attached hydrogens (tertiary/aromatic N) is 1. The van der Waals surface area contributed by atoms with Gasteiger partial charge in [0.15, 0.2) is 5.11 Å². The Morgan fingerprint density at radius 3 is 2.85 bits per heavy atom. The zero-order valence-electron chi connectivity index (χ0n) is 15.9. The number of benzene rings is 1. The molecule has 1 aliphatic heterocycles. The molecule has 27 heavy (non-hydrogen) atoms. The molecule has 4 nitrogen and oxygen atoms in total. The van der Waals surface area contributed by atoms with Crippen molar-refractivity contribution in [2.45, 2.75) is 45.6 Å². The molecule has 2 aromatic rings. The molecular formula is C21H24N2O2S2. The van der Waals surface area contributed by atoms with Crippen LogP contribution in [0.4, 0.5) is 10.7 Å². The summed E-state index contributed by atoms with van der Waals surface area (Å²) in [6, 6.07) is 8.65. The number of nitrogens with one attached hydrogen (secondary N) is 1. The van der Waals surface area contributed by atoms with E-state index >= 15 is 0 Å². The Morgan fingerprint density at radius 1 is 1.30 bits per heavy atom.